The highest BCUT2D eigenvalue weighted by Crippen LogP contribution is 2.41. The molecule has 0 atom stereocenters. The molecule has 1 saturated heterocycles. The van der Waals surface area contributed by atoms with Crippen LogP contribution in [0.3, 0.4) is 0 Å². The van der Waals surface area contributed by atoms with Crippen LogP contribution >= 0.6 is 11.6 Å². The van der Waals surface area contributed by atoms with Gasteiger partial charge in [-0.25, -0.2) is 4.98 Å². The second-order valence-electron chi connectivity index (χ2n) is 7.97. The first kappa shape index (κ1) is 19.3. The van der Waals surface area contributed by atoms with Crippen LogP contribution in [0.2, 0.25) is 5.02 Å². The minimum atomic E-state index is -0.169. The van der Waals surface area contributed by atoms with Crippen LogP contribution in [0.5, 0.6) is 0 Å². The van der Waals surface area contributed by atoms with Crippen LogP contribution in [-0.2, 0) is 11.8 Å². The molecular formula is C22H24ClN5O2. The lowest BCUT2D eigenvalue weighted by molar-refractivity contribution is 0.102. The Morgan fingerprint density at radius 1 is 1.27 bits per heavy atom. The smallest absolute Gasteiger partial charge is 0.256 e. The number of hydrogen-bond donors (Lipinski definition) is 1. The van der Waals surface area contributed by atoms with E-state index in [1.165, 1.54) is 0 Å². The number of aromatic nitrogens is 3. The van der Waals surface area contributed by atoms with Crippen LogP contribution in [0.15, 0.2) is 24.3 Å². The van der Waals surface area contributed by atoms with Crippen molar-refractivity contribution in [2.24, 2.45) is 7.05 Å². The zero-order valence-corrected chi connectivity index (χ0v) is 17.9. The van der Waals surface area contributed by atoms with E-state index < -0.39 is 0 Å². The molecule has 30 heavy (non-hydrogen) atoms. The predicted molar refractivity (Wildman–Crippen MR) is 118 cm³/mol. The predicted octanol–water partition coefficient (Wildman–Crippen LogP) is 3.90. The van der Waals surface area contributed by atoms with E-state index in [9.17, 15) is 4.79 Å². The Morgan fingerprint density at radius 3 is 2.77 bits per heavy atom. The molecule has 0 spiro atoms. The number of hydrogen-bond acceptors (Lipinski definition) is 5. The van der Waals surface area contributed by atoms with Gasteiger partial charge in [0.25, 0.3) is 5.91 Å². The maximum atomic E-state index is 13.5. The van der Waals surface area contributed by atoms with E-state index >= 15 is 0 Å². The number of ether oxygens (including phenoxy) is 1. The van der Waals surface area contributed by atoms with E-state index in [0.29, 0.717) is 35.4 Å². The number of morpholine rings is 1. The summed E-state index contributed by atoms with van der Waals surface area (Å²) < 4.78 is 7.22. The van der Waals surface area contributed by atoms with Crippen LogP contribution in [0, 0.1) is 6.92 Å². The molecule has 0 bridgehead atoms. The number of nitrogens with one attached hydrogen (secondary N) is 1. The van der Waals surface area contributed by atoms with Gasteiger partial charge in [0, 0.05) is 31.7 Å². The summed E-state index contributed by atoms with van der Waals surface area (Å²) in [5.41, 5.74) is 4.67. The van der Waals surface area contributed by atoms with Gasteiger partial charge in [0.15, 0.2) is 5.65 Å². The van der Waals surface area contributed by atoms with Crippen molar-refractivity contribution in [1.29, 1.82) is 0 Å². The molecule has 7 nitrogen and oxygen atoms in total. The Labute approximate surface area is 180 Å². The van der Waals surface area contributed by atoms with E-state index in [0.717, 1.165) is 54.0 Å². The number of aryl methyl sites for hydroxylation is 2. The van der Waals surface area contributed by atoms with Gasteiger partial charge >= 0.3 is 0 Å². The van der Waals surface area contributed by atoms with Gasteiger partial charge in [0.1, 0.15) is 0 Å². The molecular weight excluding hydrogens is 402 g/mol. The molecule has 2 aromatic heterocycles. The molecule has 1 amide bonds. The largest absolute Gasteiger partial charge is 0.378 e. The number of nitrogens with zero attached hydrogens (tertiary/aromatic N) is 4. The van der Waals surface area contributed by atoms with Crippen molar-refractivity contribution in [1.82, 2.24) is 14.8 Å². The van der Waals surface area contributed by atoms with Gasteiger partial charge in [-0.15, -0.1) is 0 Å². The van der Waals surface area contributed by atoms with Crippen LogP contribution in [0.25, 0.3) is 11.0 Å². The molecule has 5 rings (SSSR count). The summed E-state index contributed by atoms with van der Waals surface area (Å²) in [6, 6.07) is 7.53. The van der Waals surface area contributed by atoms with Crippen molar-refractivity contribution in [3.63, 3.8) is 0 Å². The topological polar surface area (TPSA) is 72.3 Å². The van der Waals surface area contributed by atoms with E-state index in [1.807, 2.05) is 38.2 Å². The Hall–Kier alpha value is -2.64. The fourth-order valence-corrected chi connectivity index (χ4v) is 4.44. The molecule has 0 unspecified atom stereocenters. The number of rotatable bonds is 4. The third-order valence-corrected chi connectivity index (χ3v) is 6.10. The number of anilines is 2. The van der Waals surface area contributed by atoms with Gasteiger partial charge in [0.2, 0.25) is 0 Å². The average molecular weight is 426 g/mol. The van der Waals surface area contributed by atoms with Gasteiger partial charge in [0.05, 0.1) is 46.3 Å². The number of para-hydroxylation sites is 1. The number of halogens is 1. The summed E-state index contributed by atoms with van der Waals surface area (Å²) in [6.45, 7) is 4.67. The van der Waals surface area contributed by atoms with E-state index in [2.05, 4.69) is 15.3 Å². The van der Waals surface area contributed by atoms with Gasteiger partial charge in [-0.1, -0.05) is 17.7 Å². The van der Waals surface area contributed by atoms with Gasteiger partial charge in [-0.05, 0) is 38.0 Å². The SMILES string of the molecule is Cc1nn(C)c2nc(C3CC3)cc(C(=O)Nc3cccc(Cl)c3N3CCOCC3)c12. The molecule has 3 heterocycles. The lowest BCUT2D eigenvalue weighted by atomic mass is 10.1. The molecule has 2 aliphatic rings. The third kappa shape index (κ3) is 3.42. The van der Waals surface area contributed by atoms with Crippen LogP contribution in [0.1, 0.15) is 40.5 Å². The van der Waals surface area contributed by atoms with Crippen molar-refractivity contribution in [2.45, 2.75) is 25.7 Å². The number of carbonyl (C=O) groups is 1. The standard InChI is InChI=1S/C22H24ClN5O2/c1-13-19-15(12-18(14-6-7-14)24-21(19)27(2)26-13)22(29)25-17-5-3-4-16(23)20(17)28-8-10-30-11-9-28/h3-5,12,14H,6-11H2,1-2H3,(H,25,29). The van der Waals surface area contributed by atoms with Crippen molar-refractivity contribution >= 4 is 39.9 Å². The summed E-state index contributed by atoms with van der Waals surface area (Å²) in [5.74, 6) is 0.267. The number of benzene rings is 1. The second-order valence-corrected chi connectivity index (χ2v) is 8.37. The maximum absolute atomic E-state index is 13.5. The van der Waals surface area contributed by atoms with Gasteiger partial charge in [-0.2, -0.15) is 5.10 Å². The molecule has 1 aliphatic carbocycles. The fourth-order valence-electron chi connectivity index (χ4n) is 4.15. The monoisotopic (exact) mass is 425 g/mol. The minimum absolute atomic E-state index is 0.169. The second kappa shape index (κ2) is 7.56. The lowest BCUT2D eigenvalue weighted by Crippen LogP contribution is -2.37. The summed E-state index contributed by atoms with van der Waals surface area (Å²) >= 11 is 6.53. The molecule has 1 N–H and O–H groups in total. The third-order valence-electron chi connectivity index (χ3n) is 5.79. The summed E-state index contributed by atoms with van der Waals surface area (Å²) in [6.07, 6.45) is 2.23. The first-order chi connectivity index (χ1) is 14.5. The van der Waals surface area contributed by atoms with Gasteiger partial charge in [-0.3, -0.25) is 9.48 Å². The van der Waals surface area contributed by atoms with Crippen molar-refractivity contribution in [3.05, 3.63) is 46.2 Å². The summed E-state index contributed by atoms with van der Waals surface area (Å²) in [7, 11) is 1.87. The first-order valence-corrected chi connectivity index (χ1v) is 10.7. The van der Waals surface area contributed by atoms with Crippen molar-refractivity contribution < 1.29 is 9.53 Å². The lowest BCUT2D eigenvalue weighted by Gasteiger charge is -2.31. The fraction of sp³-hybridized carbons (Fsp3) is 0.409. The van der Waals surface area contributed by atoms with Crippen LogP contribution < -0.4 is 10.2 Å². The van der Waals surface area contributed by atoms with Crippen LogP contribution in [0.4, 0.5) is 11.4 Å². The molecule has 1 aliphatic heterocycles. The number of carbonyl (C=O) groups excluding carboxylic acids is 1. The van der Waals surface area contributed by atoms with Crippen molar-refractivity contribution in [2.75, 3.05) is 36.5 Å². The highest BCUT2D eigenvalue weighted by atomic mass is 35.5. The Kier molecular flexibility index (Phi) is 4.87. The normalized spacial score (nSPS) is 16.8. The zero-order chi connectivity index (χ0) is 20.8. The molecule has 0 radical (unpaired) electrons. The molecule has 1 saturated carbocycles. The van der Waals surface area contributed by atoms with Gasteiger partial charge < -0.3 is 15.0 Å². The Bertz CT molecular complexity index is 1130. The molecule has 156 valence electrons. The number of amides is 1. The molecule has 2 fully saturated rings. The maximum Gasteiger partial charge on any atom is 0.256 e. The van der Waals surface area contributed by atoms with E-state index in [-0.39, 0.29) is 5.91 Å². The summed E-state index contributed by atoms with van der Waals surface area (Å²) in [5, 5.41) is 9.02. The Balaban J connectivity index is 1.55. The zero-order valence-electron chi connectivity index (χ0n) is 17.1. The number of fused-ring (bicyclic) bond motifs is 1. The molecule has 3 aromatic rings. The van der Waals surface area contributed by atoms with Crippen molar-refractivity contribution in [3.8, 4) is 0 Å². The van der Waals surface area contributed by atoms with Crippen LogP contribution in [-0.4, -0.2) is 47.0 Å². The molecule has 1 aromatic carbocycles. The minimum Gasteiger partial charge on any atom is -0.378 e. The Morgan fingerprint density at radius 2 is 2.03 bits per heavy atom. The number of pyridine rings is 1. The average Bonchev–Trinajstić information content (AvgIpc) is 3.54. The quantitative estimate of drug-likeness (QED) is 0.686. The molecule has 8 heteroatoms. The first-order valence-electron chi connectivity index (χ1n) is 10.3. The van der Waals surface area contributed by atoms with E-state index in [1.54, 1.807) is 4.68 Å². The summed E-state index contributed by atoms with van der Waals surface area (Å²) in [4.78, 5) is 20.4. The van der Waals surface area contributed by atoms with E-state index in [4.69, 9.17) is 21.3 Å². The highest BCUT2D eigenvalue weighted by molar-refractivity contribution is 6.34. The highest BCUT2D eigenvalue weighted by Gasteiger charge is 2.29.